The van der Waals surface area contributed by atoms with Crippen LogP contribution < -0.4 is 0 Å². The van der Waals surface area contributed by atoms with Crippen LogP contribution in [0.3, 0.4) is 0 Å². The Hall–Kier alpha value is -2.18. The Morgan fingerprint density at radius 2 is 1.46 bits per heavy atom. The third kappa shape index (κ3) is 5.91. The zero-order valence-electron chi connectivity index (χ0n) is 17.0. The Morgan fingerprint density at radius 1 is 0.893 bits per heavy atom. The molecule has 7 nitrogen and oxygen atoms in total. The van der Waals surface area contributed by atoms with Crippen LogP contribution in [0.2, 0.25) is 0 Å². The lowest BCUT2D eigenvalue weighted by Crippen LogP contribution is -2.42. The van der Waals surface area contributed by atoms with Gasteiger partial charge in [0.2, 0.25) is 5.91 Å². The molecule has 4 fully saturated rings. The Kier molecular flexibility index (Phi) is 6.52. The van der Waals surface area contributed by atoms with E-state index in [1.54, 1.807) is 11.1 Å². The van der Waals surface area contributed by atoms with E-state index < -0.39 is 0 Å². The maximum absolute atomic E-state index is 12.0. The maximum atomic E-state index is 12.0. The first kappa shape index (κ1) is 20.6. The van der Waals surface area contributed by atoms with Crippen molar-refractivity contribution < 1.29 is 19.2 Å². The molecule has 0 aromatic carbocycles. The minimum absolute atomic E-state index is 0.0225. The normalized spacial score (nSPS) is 24.4. The number of likely N-dealkylation sites (tertiary alicyclic amines) is 2. The minimum atomic E-state index is -0.0862. The predicted octanol–water partition coefficient (Wildman–Crippen LogP) is 1.23. The van der Waals surface area contributed by atoms with Crippen molar-refractivity contribution in [2.24, 2.45) is 11.8 Å². The van der Waals surface area contributed by atoms with Gasteiger partial charge in [0.15, 0.2) is 5.78 Å². The second-order valence-electron chi connectivity index (χ2n) is 8.62. The van der Waals surface area contributed by atoms with Crippen LogP contribution in [0, 0.1) is 11.8 Å². The SMILES string of the molecule is CN(C)C=C1C(=O)CCN(CC2CC2)C1=O.O=C1CCN(CC2CC2)C(=O)C1. The van der Waals surface area contributed by atoms with Gasteiger partial charge in [-0.1, -0.05) is 0 Å². The molecular formula is C21H31N3O4. The molecule has 0 unspecified atom stereocenters. The summed E-state index contributed by atoms with van der Waals surface area (Å²) in [4.78, 5) is 51.3. The molecule has 2 aliphatic carbocycles. The van der Waals surface area contributed by atoms with Crippen LogP contribution in [0.5, 0.6) is 0 Å². The van der Waals surface area contributed by atoms with E-state index in [2.05, 4.69) is 0 Å². The Bertz CT molecular complexity index is 677. The highest BCUT2D eigenvalue weighted by molar-refractivity contribution is 6.20. The van der Waals surface area contributed by atoms with Crippen molar-refractivity contribution in [2.45, 2.75) is 44.9 Å². The number of carbonyl (C=O) groups excluding carboxylic acids is 4. The van der Waals surface area contributed by atoms with Gasteiger partial charge in [-0.25, -0.2) is 0 Å². The molecule has 154 valence electrons. The summed E-state index contributed by atoms with van der Waals surface area (Å²) in [6, 6.07) is 0. The van der Waals surface area contributed by atoms with Gasteiger partial charge in [0.1, 0.15) is 5.78 Å². The van der Waals surface area contributed by atoms with Crippen molar-refractivity contribution >= 4 is 23.4 Å². The van der Waals surface area contributed by atoms with Crippen molar-refractivity contribution in [1.29, 1.82) is 0 Å². The maximum Gasteiger partial charge on any atom is 0.258 e. The third-order valence-electron chi connectivity index (χ3n) is 5.53. The lowest BCUT2D eigenvalue weighted by molar-refractivity contribution is -0.139. The molecule has 2 saturated heterocycles. The number of carbonyl (C=O) groups is 4. The highest BCUT2D eigenvalue weighted by Crippen LogP contribution is 2.31. The molecular weight excluding hydrogens is 358 g/mol. The fourth-order valence-corrected chi connectivity index (χ4v) is 3.49. The summed E-state index contributed by atoms with van der Waals surface area (Å²) in [7, 11) is 3.65. The quantitative estimate of drug-likeness (QED) is 0.402. The van der Waals surface area contributed by atoms with Gasteiger partial charge < -0.3 is 14.7 Å². The fraction of sp³-hybridized carbons (Fsp3) is 0.714. The Balaban J connectivity index is 0.000000167. The van der Waals surface area contributed by atoms with Gasteiger partial charge in [0.25, 0.3) is 5.91 Å². The topological polar surface area (TPSA) is 78.0 Å². The Labute approximate surface area is 166 Å². The van der Waals surface area contributed by atoms with E-state index in [1.165, 1.54) is 25.7 Å². The van der Waals surface area contributed by atoms with Gasteiger partial charge in [-0.2, -0.15) is 0 Å². The molecule has 0 atom stereocenters. The molecule has 7 heteroatoms. The third-order valence-corrected chi connectivity index (χ3v) is 5.53. The van der Waals surface area contributed by atoms with E-state index in [0.717, 1.165) is 19.0 Å². The standard InChI is InChI=1S/C12H18N2O2.C9H13NO2/c1-13(2)8-10-11(15)5-6-14(12(10)16)7-9-3-4-9;11-8-3-4-10(9(12)5-8)6-7-1-2-7/h8-9H,3-7H2,1-2H3;7H,1-6H2. The van der Waals surface area contributed by atoms with E-state index in [4.69, 9.17) is 0 Å². The smallest absolute Gasteiger partial charge is 0.258 e. The zero-order chi connectivity index (χ0) is 20.3. The summed E-state index contributed by atoms with van der Waals surface area (Å²) in [5, 5.41) is 0. The largest absolute Gasteiger partial charge is 0.383 e. The fourth-order valence-electron chi connectivity index (χ4n) is 3.49. The predicted molar refractivity (Wildman–Crippen MR) is 104 cm³/mol. The highest BCUT2D eigenvalue weighted by atomic mass is 16.2. The molecule has 0 bridgehead atoms. The number of hydrogen-bond donors (Lipinski definition) is 0. The lowest BCUT2D eigenvalue weighted by atomic mass is 10.0. The van der Waals surface area contributed by atoms with Crippen LogP contribution in [0.4, 0.5) is 0 Å². The van der Waals surface area contributed by atoms with Crippen LogP contribution in [-0.2, 0) is 19.2 Å². The monoisotopic (exact) mass is 389 g/mol. The average molecular weight is 389 g/mol. The molecule has 0 aromatic rings. The van der Waals surface area contributed by atoms with Gasteiger partial charge in [0, 0.05) is 59.3 Å². The summed E-state index contributed by atoms with van der Waals surface area (Å²) >= 11 is 0. The first-order chi connectivity index (χ1) is 13.3. The molecule has 0 N–H and O–H groups in total. The average Bonchev–Trinajstić information content (AvgIpc) is 3.53. The summed E-state index contributed by atoms with van der Waals surface area (Å²) in [5.74, 6) is 1.45. The van der Waals surface area contributed by atoms with Gasteiger partial charge in [-0.3, -0.25) is 19.2 Å². The molecule has 2 heterocycles. The number of piperidine rings is 2. The Morgan fingerprint density at radius 3 is 2.00 bits per heavy atom. The first-order valence-electron chi connectivity index (χ1n) is 10.3. The molecule has 0 aromatic heterocycles. The van der Waals surface area contributed by atoms with E-state index >= 15 is 0 Å². The second kappa shape index (κ2) is 8.88. The van der Waals surface area contributed by atoms with Crippen molar-refractivity contribution in [3.05, 3.63) is 11.8 Å². The van der Waals surface area contributed by atoms with Crippen molar-refractivity contribution in [1.82, 2.24) is 14.7 Å². The van der Waals surface area contributed by atoms with Crippen LogP contribution >= 0.6 is 0 Å². The molecule has 0 spiro atoms. The van der Waals surface area contributed by atoms with E-state index in [0.29, 0.717) is 37.4 Å². The summed E-state index contributed by atoms with van der Waals surface area (Å²) in [6.07, 6.45) is 7.80. The number of amides is 2. The lowest BCUT2D eigenvalue weighted by Gasteiger charge is -2.28. The van der Waals surface area contributed by atoms with E-state index in [9.17, 15) is 19.2 Å². The van der Waals surface area contributed by atoms with E-state index in [-0.39, 0.29) is 29.8 Å². The number of rotatable bonds is 5. The van der Waals surface area contributed by atoms with Crippen LogP contribution in [0.25, 0.3) is 0 Å². The zero-order valence-corrected chi connectivity index (χ0v) is 17.0. The molecule has 0 radical (unpaired) electrons. The number of nitrogens with zero attached hydrogens (tertiary/aromatic N) is 3. The molecule has 2 aliphatic heterocycles. The number of ketones is 2. The van der Waals surface area contributed by atoms with Gasteiger partial charge in [0.05, 0.1) is 12.0 Å². The summed E-state index contributed by atoms with van der Waals surface area (Å²) in [6.45, 7) is 2.98. The van der Waals surface area contributed by atoms with Crippen LogP contribution in [-0.4, -0.2) is 78.4 Å². The summed E-state index contributed by atoms with van der Waals surface area (Å²) < 4.78 is 0. The molecule has 2 saturated carbocycles. The van der Waals surface area contributed by atoms with Gasteiger partial charge in [-0.05, 0) is 37.5 Å². The first-order valence-corrected chi connectivity index (χ1v) is 10.3. The van der Waals surface area contributed by atoms with E-state index in [1.807, 2.05) is 23.9 Å². The van der Waals surface area contributed by atoms with Crippen LogP contribution in [0.1, 0.15) is 44.9 Å². The van der Waals surface area contributed by atoms with Crippen LogP contribution in [0.15, 0.2) is 11.8 Å². The van der Waals surface area contributed by atoms with Crippen molar-refractivity contribution in [3.8, 4) is 0 Å². The van der Waals surface area contributed by atoms with Crippen molar-refractivity contribution in [2.75, 3.05) is 40.3 Å². The highest BCUT2D eigenvalue weighted by Gasteiger charge is 2.33. The second-order valence-corrected chi connectivity index (χ2v) is 8.62. The molecule has 4 rings (SSSR count). The molecule has 4 aliphatic rings. The summed E-state index contributed by atoms with van der Waals surface area (Å²) in [5.41, 5.74) is 0.344. The number of Topliss-reactive ketones (excluding diaryl/α,β-unsaturated/α-hetero) is 2. The van der Waals surface area contributed by atoms with Gasteiger partial charge >= 0.3 is 0 Å². The molecule has 2 amide bonds. The number of hydrogen-bond acceptors (Lipinski definition) is 5. The van der Waals surface area contributed by atoms with Crippen molar-refractivity contribution in [3.63, 3.8) is 0 Å². The molecule has 28 heavy (non-hydrogen) atoms. The van der Waals surface area contributed by atoms with Gasteiger partial charge in [-0.15, -0.1) is 0 Å². The minimum Gasteiger partial charge on any atom is -0.383 e.